The average Bonchev–Trinajstić information content (AvgIpc) is 3.07. The molecule has 1 aromatic carbocycles. The molecular weight excluding hydrogens is 675 g/mol. The van der Waals surface area contributed by atoms with Gasteiger partial charge in [0, 0.05) is 36.9 Å². The number of hydrogen-bond donors (Lipinski definition) is 4. The predicted molar refractivity (Wildman–Crippen MR) is 221 cm³/mol. The smallest absolute Gasteiger partial charge is 0.242 e. The summed E-state index contributed by atoms with van der Waals surface area (Å²) in [6.45, 7) is 12.6. The minimum Gasteiger partial charge on any atom is -0.508 e. The van der Waals surface area contributed by atoms with Gasteiger partial charge in [0.2, 0.25) is 17.7 Å². The van der Waals surface area contributed by atoms with Crippen molar-refractivity contribution in [1.82, 2.24) is 16.0 Å². The molecule has 0 bridgehead atoms. The fourth-order valence-corrected chi connectivity index (χ4v) is 7.35. The molecule has 0 aliphatic rings. The van der Waals surface area contributed by atoms with Gasteiger partial charge >= 0.3 is 0 Å². The van der Waals surface area contributed by atoms with Crippen molar-refractivity contribution in [3.63, 3.8) is 0 Å². The van der Waals surface area contributed by atoms with Gasteiger partial charge in [-0.2, -0.15) is 0 Å². The molecule has 51 heavy (non-hydrogen) atoms. The molecule has 1 atom stereocenters. The molecule has 0 radical (unpaired) electrons. The second-order valence-electron chi connectivity index (χ2n) is 13.0. The van der Waals surface area contributed by atoms with Crippen molar-refractivity contribution in [2.75, 3.05) is 18.8 Å². The molecule has 282 valence electrons. The molecule has 0 aromatic heterocycles. The van der Waals surface area contributed by atoms with E-state index in [1.807, 2.05) is 13.8 Å². The Bertz CT molecular complexity index is 1340. The van der Waals surface area contributed by atoms with Gasteiger partial charge in [-0.05, 0) is 114 Å². The van der Waals surface area contributed by atoms with Crippen molar-refractivity contribution in [1.29, 1.82) is 0 Å². The van der Waals surface area contributed by atoms with E-state index in [1.165, 1.54) is 6.92 Å². The highest BCUT2D eigenvalue weighted by atomic mass is 33.1. The Morgan fingerprint density at radius 3 is 1.82 bits per heavy atom. The van der Waals surface area contributed by atoms with Crippen LogP contribution < -0.4 is 16.0 Å². The summed E-state index contributed by atoms with van der Waals surface area (Å²) in [6.07, 6.45) is 34.2. The molecule has 0 unspecified atom stereocenters. The van der Waals surface area contributed by atoms with Crippen molar-refractivity contribution in [2.24, 2.45) is 0 Å². The standard InChI is InChI=1S/C42H63N3O4S2/c1-7-8-9-10-11-12-13-14-15-16-17-18-19-20-21-22-23-24-25-26-40(48)43-29-30-50-51-42(5,6)33-44-41(49)39(45-36(4)46)28-27-38-34(2)31-37(47)32-35(38)3/h8-9,11-12,14-15,17-18,20-21,23-24,31-32,39,47H,7,10,13,16,19,22,25-30,33H2,1-6H3,(H,43,48)(H,44,49)(H,45,46)/b9-8-,12-11-,15-14-,18-17-,21-20-,24-23-/t39-/m0/s1. The first-order valence-corrected chi connectivity index (χ1v) is 20.6. The van der Waals surface area contributed by atoms with Crippen LogP contribution in [0.15, 0.2) is 85.0 Å². The number of phenolic OH excluding ortho intramolecular Hbond substituents is 1. The van der Waals surface area contributed by atoms with Gasteiger partial charge in [-0.1, -0.05) is 101 Å². The second kappa shape index (κ2) is 28.2. The summed E-state index contributed by atoms with van der Waals surface area (Å²) in [5, 5.41) is 18.6. The number of allylic oxidation sites excluding steroid dienone is 12. The van der Waals surface area contributed by atoms with Crippen LogP contribution in [0.4, 0.5) is 0 Å². The van der Waals surface area contributed by atoms with E-state index in [-0.39, 0.29) is 28.2 Å². The fourth-order valence-electron chi connectivity index (χ4n) is 5.00. The maximum atomic E-state index is 13.1. The quantitative estimate of drug-likeness (QED) is 0.0429. The minimum atomic E-state index is -0.647. The summed E-state index contributed by atoms with van der Waals surface area (Å²) < 4.78 is -0.245. The highest BCUT2D eigenvalue weighted by molar-refractivity contribution is 8.77. The molecule has 0 spiro atoms. The Labute approximate surface area is 316 Å². The SMILES string of the molecule is CC/C=C\C/C=C\C/C=C\C/C=C\C/C=C\C/C=C\CCC(=O)NCCSSC(C)(C)CNC(=O)[C@H](CCc1c(C)cc(O)cc1C)NC(C)=O. The molecule has 0 fully saturated rings. The molecular formula is C42H63N3O4S2. The molecule has 4 N–H and O–H groups in total. The maximum absolute atomic E-state index is 13.1. The summed E-state index contributed by atoms with van der Waals surface area (Å²) in [6, 6.07) is 2.78. The van der Waals surface area contributed by atoms with Gasteiger partial charge in [0.15, 0.2) is 0 Å². The third-order valence-corrected chi connectivity index (χ3v) is 11.0. The number of phenols is 1. The number of aryl methyl sites for hydroxylation is 2. The van der Waals surface area contributed by atoms with Crippen LogP contribution in [-0.2, 0) is 20.8 Å². The largest absolute Gasteiger partial charge is 0.508 e. The highest BCUT2D eigenvalue weighted by Gasteiger charge is 2.24. The molecule has 0 heterocycles. The van der Waals surface area contributed by atoms with E-state index in [2.05, 4.69) is 110 Å². The maximum Gasteiger partial charge on any atom is 0.242 e. The molecule has 1 aromatic rings. The van der Waals surface area contributed by atoms with Gasteiger partial charge in [-0.3, -0.25) is 14.4 Å². The van der Waals surface area contributed by atoms with E-state index in [4.69, 9.17) is 0 Å². The molecule has 0 saturated carbocycles. The normalized spacial score (nSPS) is 13.1. The molecule has 7 nitrogen and oxygen atoms in total. The first-order valence-electron chi connectivity index (χ1n) is 18.3. The number of carbonyl (C=O) groups excluding carboxylic acids is 3. The predicted octanol–water partition coefficient (Wildman–Crippen LogP) is 9.32. The monoisotopic (exact) mass is 737 g/mol. The lowest BCUT2D eigenvalue weighted by molar-refractivity contribution is -0.128. The van der Waals surface area contributed by atoms with E-state index < -0.39 is 6.04 Å². The number of amides is 3. The molecule has 9 heteroatoms. The van der Waals surface area contributed by atoms with Crippen LogP contribution in [0, 0.1) is 13.8 Å². The Morgan fingerprint density at radius 1 is 0.804 bits per heavy atom. The Hall–Kier alpha value is -3.43. The van der Waals surface area contributed by atoms with Crippen molar-refractivity contribution in [2.45, 2.75) is 117 Å². The van der Waals surface area contributed by atoms with Crippen LogP contribution in [-0.4, -0.2) is 52.5 Å². The molecule has 0 saturated heterocycles. The topological polar surface area (TPSA) is 108 Å². The first kappa shape index (κ1) is 45.6. The van der Waals surface area contributed by atoms with Crippen molar-refractivity contribution < 1.29 is 19.5 Å². The van der Waals surface area contributed by atoms with E-state index in [1.54, 1.807) is 33.7 Å². The zero-order valence-corrected chi connectivity index (χ0v) is 33.5. The minimum absolute atomic E-state index is 0.0494. The number of rotatable bonds is 26. The van der Waals surface area contributed by atoms with Crippen LogP contribution in [0.25, 0.3) is 0 Å². The summed E-state index contributed by atoms with van der Waals surface area (Å²) >= 11 is 0. The summed E-state index contributed by atoms with van der Waals surface area (Å²) in [4.78, 5) is 37.1. The summed E-state index contributed by atoms with van der Waals surface area (Å²) in [5.41, 5.74) is 3.00. The number of hydrogen-bond acceptors (Lipinski definition) is 6. The van der Waals surface area contributed by atoms with Crippen molar-refractivity contribution in [3.05, 3.63) is 102 Å². The number of carbonyl (C=O) groups is 3. The molecule has 0 aliphatic heterocycles. The van der Waals surface area contributed by atoms with Crippen LogP contribution in [0.5, 0.6) is 5.75 Å². The third kappa shape index (κ3) is 24.4. The van der Waals surface area contributed by atoms with Gasteiger partial charge in [-0.25, -0.2) is 0 Å². The van der Waals surface area contributed by atoms with Crippen LogP contribution in [0.3, 0.4) is 0 Å². The zero-order valence-electron chi connectivity index (χ0n) is 31.8. The Balaban J connectivity index is 2.19. The third-order valence-electron chi connectivity index (χ3n) is 7.67. The van der Waals surface area contributed by atoms with E-state index >= 15 is 0 Å². The molecule has 3 amide bonds. The van der Waals surface area contributed by atoms with Crippen LogP contribution in [0.1, 0.15) is 102 Å². The second-order valence-corrected chi connectivity index (χ2v) is 16.2. The number of nitrogens with one attached hydrogen (secondary N) is 3. The van der Waals surface area contributed by atoms with Crippen LogP contribution in [0.2, 0.25) is 0 Å². The van der Waals surface area contributed by atoms with Crippen molar-refractivity contribution in [3.8, 4) is 5.75 Å². The van der Waals surface area contributed by atoms with Gasteiger partial charge in [0.1, 0.15) is 11.8 Å². The average molecular weight is 738 g/mol. The molecule has 0 aliphatic carbocycles. The molecule has 1 rings (SSSR count). The van der Waals surface area contributed by atoms with Gasteiger partial charge in [-0.15, -0.1) is 0 Å². The van der Waals surface area contributed by atoms with Crippen molar-refractivity contribution >= 4 is 39.3 Å². The van der Waals surface area contributed by atoms with Crippen LogP contribution >= 0.6 is 21.6 Å². The van der Waals surface area contributed by atoms with E-state index in [0.29, 0.717) is 32.4 Å². The lowest BCUT2D eigenvalue weighted by Gasteiger charge is -2.26. The Kier molecular flexibility index (Phi) is 25.2. The van der Waals surface area contributed by atoms with Gasteiger partial charge in [0.05, 0.1) is 0 Å². The zero-order chi connectivity index (χ0) is 37.7. The van der Waals surface area contributed by atoms with E-state index in [9.17, 15) is 19.5 Å². The summed E-state index contributed by atoms with van der Waals surface area (Å²) in [7, 11) is 3.33. The Morgan fingerprint density at radius 2 is 1.31 bits per heavy atom. The number of aromatic hydroxyl groups is 1. The van der Waals surface area contributed by atoms with Gasteiger partial charge in [0.25, 0.3) is 0 Å². The first-order chi connectivity index (χ1) is 24.4. The summed E-state index contributed by atoms with van der Waals surface area (Å²) in [5.74, 6) is 0.568. The van der Waals surface area contributed by atoms with Gasteiger partial charge < -0.3 is 21.1 Å². The lowest BCUT2D eigenvalue weighted by Crippen LogP contribution is -2.49. The lowest BCUT2D eigenvalue weighted by atomic mass is 9.96. The highest BCUT2D eigenvalue weighted by Crippen LogP contribution is 2.34. The van der Waals surface area contributed by atoms with E-state index in [0.717, 1.165) is 67.4 Å². The fraction of sp³-hybridized carbons (Fsp3) is 0.500. The number of benzene rings is 1.